The van der Waals surface area contributed by atoms with E-state index in [1.165, 1.54) is 50.6 Å². The van der Waals surface area contributed by atoms with Crippen LogP contribution in [0.25, 0.3) is 0 Å². The third-order valence-corrected chi connectivity index (χ3v) is 4.40. The van der Waals surface area contributed by atoms with Gasteiger partial charge in [0.15, 0.2) is 0 Å². The Labute approximate surface area is 105 Å². The molecule has 0 aliphatic heterocycles. The van der Waals surface area contributed by atoms with Crippen molar-refractivity contribution in [2.45, 2.75) is 44.6 Å². The van der Waals surface area contributed by atoms with E-state index in [1.807, 2.05) is 0 Å². The molecule has 2 aliphatic carbocycles. The van der Waals surface area contributed by atoms with Crippen LogP contribution in [0.4, 0.5) is 0 Å². The fourth-order valence-electron chi connectivity index (χ4n) is 2.84. The van der Waals surface area contributed by atoms with Gasteiger partial charge in [0.05, 0.1) is 0 Å². The lowest BCUT2D eigenvalue weighted by atomic mass is 9.73. The molecule has 0 amide bonds. The Balaban J connectivity index is 1.57. The molecule has 0 heterocycles. The van der Waals surface area contributed by atoms with E-state index in [9.17, 15) is 0 Å². The van der Waals surface area contributed by atoms with Gasteiger partial charge < -0.3 is 5.32 Å². The third kappa shape index (κ3) is 3.10. The van der Waals surface area contributed by atoms with Crippen LogP contribution in [0, 0.1) is 11.8 Å². The van der Waals surface area contributed by atoms with Crippen molar-refractivity contribution in [1.29, 1.82) is 0 Å². The van der Waals surface area contributed by atoms with Crippen molar-refractivity contribution in [3.8, 4) is 0 Å². The standard InChI is InChI=1S/C16H23N/c1-2-5-13(6-3-1)11-15(14-7-4-8-14)12-17-16-9-10-16/h1-3,5-6,14-17H,4,7-12H2. The molecule has 0 bridgehead atoms. The maximum Gasteiger partial charge on any atom is 0.00683 e. The van der Waals surface area contributed by atoms with Crippen molar-refractivity contribution in [3.63, 3.8) is 0 Å². The average molecular weight is 229 g/mol. The molecule has 2 aliphatic rings. The zero-order chi connectivity index (χ0) is 11.5. The van der Waals surface area contributed by atoms with E-state index in [1.54, 1.807) is 0 Å². The van der Waals surface area contributed by atoms with Crippen LogP contribution in [0.15, 0.2) is 30.3 Å². The SMILES string of the molecule is c1ccc(CC(CNC2CC2)C2CCC2)cc1. The molecule has 1 N–H and O–H groups in total. The maximum absolute atomic E-state index is 3.73. The lowest BCUT2D eigenvalue weighted by Gasteiger charge is -2.34. The topological polar surface area (TPSA) is 12.0 Å². The van der Waals surface area contributed by atoms with Gasteiger partial charge in [0, 0.05) is 6.04 Å². The summed E-state index contributed by atoms with van der Waals surface area (Å²) < 4.78 is 0. The second-order valence-electron chi connectivity index (χ2n) is 5.82. The summed E-state index contributed by atoms with van der Waals surface area (Å²) in [5, 5.41) is 3.73. The van der Waals surface area contributed by atoms with Crippen molar-refractivity contribution in [2.24, 2.45) is 11.8 Å². The second kappa shape index (κ2) is 5.22. The van der Waals surface area contributed by atoms with Gasteiger partial charge in [-0.1, -0.05) is 49.6 Å². The molecule has 3 rings (SSSR count). The highest BCUT2D eigenvalue weighted by Gasteiger charge is 2.29. The fourth-order valence-corrected chi connectivity index (χ4v) is 2.84. The van der Waals surface area contributed by atoms with E-state index < -0.39 is 0 Å². The van der Waals surface area contributed by atoms with Gasteiger partial charge in [-0.2, -0.15) is 0 Å². The molecule has 92 valence electrons. The average Bonchev–Trinajstić information content (AvgIpc) is 3.09. The smallest absolute Gasteiger partial charge is 0.00683 e. The Morgan fingerprint density at radius 1 is 1.06 bits per heavy atom. The van der Waals surface area contributed by atoms with E-state index in [4.69, 9.17) is 0 Å². The first-order valence-corrected chi connectivity index (χ1v) is 7.19. The molecular weight excluding hydrogens is 206 g/mol. The zero-order valence-electron chi connectivity index (χ0n) is 10.6. The Kier molecular flexibility index (Phi) is 3.46. The Hall–Kier alpha value is -0.820. The van der Waals surface area contributed by atoms with Gasteiger partial charge in [0.1, 0.15) is 0 Å². The highest BCUT2D eigenvalue weighted by molar-refractivity contribution is 5.15. The number of hydrogen-bond acceptors (Lipinski definition) is 1. The van der Waals surface area contributed by atoms with Gasteiger partial charge in [-0.25, -0.2) is 0 Å². The molecule has 2 fully saturated rings. The van der Waals surface area contributed by atoms with Gasteiger partial charge >= 0.3 is 0 Å². The van der Waals surface area contributed by atoms with E-state index in [2.05, 4.69) is 35.6 Å². The largest absolute Gasteiger partial charge is 0.314 e. The summed E-state index contributed by atoms with van der Waals surface area (Å²) in [7, 11) is 0. The van der Waals surface area contributed by atoms with E-state index in [0.29, 0.717) is 0 Å². The molecule has 2 saturated carbocycles. The quantitative estimate of drug-likeness (QED) is 0.788. The second-order valence-corrected chi connectivity index (χ2v) is 5.82. The van der Waals surface area contributed by atoms with Crippen molar-refractivity contribution in [2.75, 3.05) is 6.54 Å². The number of nitrogens with one attached hydrogen (secondary N) is 1. The lowest BCUT2D eigenvalue weighted by Crippen LogP contribution is -2.34. The highest BCUT2D eigenvalue weighted by atomic mass is 14.9. The van der Waals surface area contributed by atoms with Gasteiger partial charge in [-0.3, -0.25) is 0 Å². The summed E-state index contributed by atoms with van der Waals surface area (Å²) >= 11 is 0. The van der Waals surface area contributed by atoms with Crippen LogP contribution < -0.4 is 5.32 Å². The Bertz CT molecular complexity index is 338. The number of rotatable bonds is 6. The molecule has 1 aromatic carbocycles. The third-order valence-electron chi connectivity index (χ3n) is 4.40. The summed E-state index contributed by atoms with van der Waals surface area (Å²) in [6.45, 7) is 1.24. The molecular formula is C16H23N. The molecule has 0 radical (unpaired) electrons. The van der Waals surface area contributed by atoms with Crippen molar-refractivity contribution in [1.82, 2.24) is 5.32 Å². The van der Waals surface area contributed by atoms with Gasteiger partial charge in [0.2, 0.25) is 0 Å². The predicted octanol–water partition coefficient (Wildman–Crippen LogP) is 3.40. The van der Waals surface area contributed by atoms with Crippen LogP contribution in [-0.2, 0) is 6.42 Å². The summed E-state index contributed by atoms with van der Waals surface area (Å²) in [6, 6.07) is 11.9. The van der Waals surface area contributed by atoms with Gasteiger partial charge in [-0.15, -0.1) is 0 Å². The predicted molar refractivity (Wildman–Crippen MR) is 72.0 cm³/mol. The first kappa shape index (κ1) is 11.3. The number of benzene rings is 1. The Morgan fingerprint density at radius 2 is 1.82 bits per heavy atom. The normalized spacial score (nSPS) is 22.1. The van der Waals surface area contributed by atoms with Crippen LogP contribution >= 0.6 is 0 Å². The zero-order valence-corrected chi connectivity index (χ0v) is 10.6. The van der Waals surface area contributed by atoms with Crippen LogP contribution in [0.3, 0.4) is 0 Å². The van der Waals surface area contributed by atoms with Crippen molar-refractivity contribution < 1.29 is 0 Å². The molecule has 0 saturated heterocycles. The number of hydrogen-bond donors (Lipinski definition) is 1. The van der Waals surface area contributed by atoms with E-state index >= 15 is 0 Å². The first-order valence-electron chi connectivity index (χ1n) is 7.19. The summed E-state index contributed by atoms with van der Waals surface area (Å²) in [5.74, 6) is 1.85. The fraction of sp³-hybridized carbons (Fsp3) is 0.625. The summed E-state index contributed by atoms with van der Waals surface area (Å²) in [5.41, 5.74) is 1.52. The monoisotopic (exact) mass is 229 g/mol. The maximum atomic E-state index is 3.73. The van der Waals surface area contributed by atoms with Crippen LogP contribution in [0.1, 0.15) is 37.7 Å². The van der Waals surface area contributed by atoms with E-state index in [-0.39, 0.29) is 0 Å². The Morgan fingerprint density at radius 3 is 2.41 bits per heavy atom. The molecule has 17 heavy (non-hydrogen) atoms. The molecule has 0 spiro atoms. The van der Waals surface area contributed by atoms with E-state index in [0.717, 1.165) is 17.9 Å². The van der Waals surface area contributed by atoms with Crippen LogP contribution in [-0.4, -0.2) is 12.6 Å². The molecule has 1 heteroatoms. The van der Waals surface area contributed by atoms with Gasteiger partial charge in [-0.05, 0) is 43.2 Å². The van der Waals surface area contributed by atoms with Crippen molar-refractivity contribution >= 4 is 0 Å². The summed E-state index contributed by atoms with van der Waals surface area (Å²) in [6.07, 6.45) is 8.46. The molecule has 1 unspecified atom stereocenters. The molecule has 1 nitrogen and oxygen atoms in total. The molecule has 0 aromatic heterocycles. The van der Waals surface area contributed by atoms with Crippen LogP contribution in [0.5, 0.6) is 0 Å². The van der Waals surface area contributed by atoms with Crippen LogP contribution in [0.2, 0.25) is 0 Å². The minimum absolute atomic E-state index is 0.855. The minimum atomic E-state index is 0.855. The highest BCUT2D eigenvalue weighted by Crippen LogP contribution is 2.35. The van der Waals surface area contributed by atoms with Crippen molar-refractivity contribution in [3.05, 3.63) is 35.9 Å². The van der Waals surface area contributed by atoms with Gasteiger partial charge in [0.25, 0.3) is 0 Å². The molecule has 1 aromatic rings. The first-order chi connectivity index (χ1) is 8.42. The lowest BCUT2D eigenvalue weighted by molar-refractivity contribution is 0.199. The molecule has 1 atom stereocenters. The summed E-state index contributed by atoms with van der Waals surface area (Å²) in [4.78, 5) is 0. The minimum Gasteiger partial charge on any atom is -0.314 e.